The Hall–Kier alpha value is -4.13. The molecule has 3 aromatic carbocycles. The number of aromatic nitrogens is 2. The van der Waals surface area contributed by atoms with E-state index in [0.717, 1.165) is 16.9 Å². The van der Waals surface area contributed by atoms with Crippen LogP contribution in [0.5, 0.6) is 11.5 Å². The second-order valence-electron chi connectivity index (χ2n) is 7.07. The number of primary amides is 1. The average molecular weight is 414 g/mol. The van der Waals surface area contributed by atoms with E-state index in [2.05, 4.69) is 14.9 Å². The minimum Gasteiger partial charge on any atom is -0.457 e. The van der Waals surface area contributed by atoms with Crippen LogP contribution in [0.15, 0.2) is 72.8 Å². The number of rotatable bonds is 7. The third-order valence-corrected chi connectivity index (χ3v) is 4.96. The number of nitrogens with zero attached hydrogens (tertiary/aromatic N) is 2. The predicted octanol–water partition coefficient (Wildman–Crippen LogP) is 3.67. The molecule has 7 heteroatoms. The van der Waals surface area contributed by atoms with Crippen molar-refractivity contribution in [2.24, 2.45) is 5.73 Å². The zero-order chi connectivity index (χ0) is 21.8. The van der Waals surface area contributed by atoms with Crippen LogP contribution < -0.4 is 15.8 Å². The van der Waals surface area contributed by atoms with Gasteiger partial charge in [-0.05, 0) is 67.6 Å². The molecule has 0 aliphatic carbocycles. The van der Waals surface area contributed by atoms with Crippen LogP contribution >= 0.6 is 0 Å². The van der Waals surface area contributed by atoms with Gasteiger partial charge in [0.2, 0.25) is 5.91 Å². The predicted molar refractivity (Wildman–Crippen MR) is 118 cm³/mol. The number of nitrogens with two attached hydrogens (primary N) is 1. The van der Waals surface area contributed by atoms with Gasteiger partial charge in [0, 0.05) is 24.2 Å². The van der Waals surface area contributed by atoms with Crippen LogP contribution in [-0.2, 0) is 6.54 Å². The fraction of sp³-hybridized carbons (Fsp3) is 0.125. The van der Waals surface area contributed by atoms with Gasteiger partial charge < -0.3 is 20.4 Å². The molecule has 3 N–H and O–H groups in total. The number of nitrogens with one attached hydrogen (secondary N) is 1. The lowest BCUT2D eigenvalue weighted by atomic mass is 10.2. The van der Waals surface area contributed by atoms with Crippen molar-refractivity contribution in [3.63, 3.8) is 0 Å². The number of carbonyl (C=O) groups is 2. The topological polar surface area (TPSA) is 99.2 Å². The molecule has 0 spiro atoms. The quantitative estimate of drug-likeness (QED) is 0.482. The van der Waals surface area contributed by atoms with Crippen LogP contribution in [-0.4, -0.2) is 27.9 Å². The highest BCUT2D eigenvalue weighted by Crippen LogP contribution is 2.22. The van der Waals surface area contributed by atoms with E-state index < -0.39 is 5.91 Å². The number of hydrogen-bond acceptors (Lipinski definition) is 4. The van der Waals surface area contributed by atoms with E-state index in [-0.39, 0.29) is 5.91 Å². The Morgan fingerprint density at radius 3 is 2.19 bits per heavy atom. The highest BCUT2D eigenvalue weighted by molar-refractivity contribution is 5.94. The molecule has 0 unspecified atom stereocenters. The number of fused-ring (bicyclic) bond motifs is 1. The standard InChI is InChI=1S/C24H22N4O3/c1-16-27-21-4-2-3-5-22(21)28(16)15-14-26-24(30)18-8-12-20(13-9-18)31-19-10-6-17(7-11-19)23(25)29/h2-13H,14-15H2,1H3,(H2,25,29)(H,26,30). The van der Waals surface area contributed by atoms with Crippen molar-refractivity contribution in [2.45, 2.75) is 13.5 Å². The normalized spacial score (nSPS) is 10.7. The Balaban J connectivity index is 1.34. The van der Waals surface area contributed by atoms with Gasteiger partial charge >= 0.3 is 0 Å². The summed E-state index contributed by atoms with van der Waals surface area (Å²) in [6.07, 6.45) is 0. The van der Waals surface area contributed by atoms with Crippen molar-refractivity contribution < 1.29 is 14.3 Å². The third kappa shape index (κ3) is 4.56. The maximum absolute atomic E-state index is 12.5. The van der Waals surface area contributed by atoms with Gasteiger partial charge in [-0.2, -0.15) is 0 Å². The van der Waals surface area contributed by atoms with E-state index in [1.165, 1.54) is 0 Å². The summed E-state index contributed by atoms with van der Waals surface area (Å²) in [4.78, 5) is 28.1. The first-order valence-electron chi connectivity index (χ1n) is 9.89. The first-order chi connectivity index (χ1) is 15.0. The van der Waals surface area contributed by atoms with Gasteiger partial charge in [0.05, 0.1) is 11.0 Å². The molecule has 0 aliphatic heterocycles. The molecule has 0 saturated carbocycles. The van der Waals surface area contributed by atoms with Gasteiger partial charge in [0.1, 0.15) is 17.3 Å². The van der Waals surface area contributed by atoms with E-state index in [9.17, 15) is 9.59 Å². The summed E-state index contributed by atoms with van der Waals surface area (Å²) in [5, 5.41) is 2.94. The first kappa shape index (κ1) is 20.2. The van der Waals surface area contributed by atoms with Crippen molar-refractivity contribution in [2.75, 3.05) is 6.54 Å². The number of imidazole rings is 1. The zero-order valence-corrected chi connectivity index (χ0v) is 17.0. The Bertz CT molecular complexity index is 1230. The maximum atomic E-state index is 12.5. The van der Waals surface area contributed by atoms with Gasteiger partial charge in [0.15, 0.2) is 0 Å². The lowest BCUT2D eigenvalue weighted by Crippen LogP contribution is -2.27. The maximum Gasteiger partial charge on any atom is 0.251 e. The van der Waals surface area contributed by atoms with Gasteiger partial charge in [0.25, 0.3) is 5.91 Å². The lowest BCUT2D eigenvalue weighted by Gasteiger charge is -2.10. The summed E-state index contributed by atoms with van der Waals surface area (Å²) in [6, 6.07) is 21.4. The number of ether oxygens (including phenoxy) is 1. The summed E-state index contributed by atoms with van der Waals surface area (Å²) in [5.74, 6) is 1.44. The zero-order valence-electron chi connectivity index (χ0n) is 17.0. The van der Waals surface area contributed by atoms with Crippen LogP contribution in [0.3, 0.4) is 0 Å². The summed E-state index contributed by atoms with van der Waals surface area (Å²) in [6.45, 7) is 3.09. The van der Waals surface area contributed by atoms with Gasteiger partial charge in [-0.3, -0.25) is 9.59 Å². The molecule has 1 heterocycles. The second-order valence-corrected chi connectivity index (χ2v) is 7.07. The second kappa shape index (κ2) is 8.71. The molecule has 31 heavy (non-hydrogen) atoms. The molecule has 0 atom stereocenters. The highest BCUT2D eigenvalue weighted by Gasteiger charge is 2.09. The average Bonchev–Trinajstić information content (AvgIpc) is 3.10. The van der Waals surface area contributed by atoms with Crippen LogP contribution in [0, 0.1) is 6.92 Å². The van der Waals surface area contributed by atoms with Crippen LogP contribution in [0.2, 0.25) is 0 Å². The van der Waals surface area contributed by atoms with Crippen molar-refractivity contribution in [1.82, 2.24) is 14.9 Å². The number of amides is 2. The number of aryl methyl sites for hydroxylation is 1. The molecule has 1 aromatic heterocycles. The van der Waals surface area contributed by atoms with E-state index in [1.54, 1.807) is 48.5 Å². The lowest BCUT2D eigenvalue weighted by molar-refractivity contribution is 0.0951. The monoisotopic (exact) mass is 414 g/mol. The molecule has 156 valence electrons. The van der Waals surface area contributed by atoms with E-state index in [1.807, 2.05) is 31.2 Å². The summed E-state index contributed by atoms with van der Waals surface area (Å²) in [7, 11) is 0. The molecule has 0 radical (unpaired) electrons. The van der Waals surface area contributed by atoms with E-state index in [4.69, 9.17) is 10.5 Å². The van der Waals surface area contributed by atoms with Crippen molar-refractivity contribution in [1.29, 1.82) is 0 Å². The SMILES string of the molecule is Cc1nc2ccccc2n1CCNC(=O)c1ccc(Oc2ccc(C(N)=O)cc2)cc1. The molecule has 0 aliphatic rings. The van der Waals surface area contributed by atoms with E-state index >= 15 is 0 Å². The molecule has 7 nitrogen and oxygen atoms in total. The molecule has 4 rings (SSSR count). The van der Waals surface area contributed by atoms with Crippen molar-refractivity contribution >= 4 is 22.8 Å². The molecular formula is C24H22N4O3. The largest absolute Gasteiger partial charge is 0.457 e. The van der Waals surface area contributed by atoms with Crippen LogP contribution in [0.25, 0.3) is 11.0 Å². The van der Waals surface area contributed by atoms with Crippen LogP contribution in [0.1, 0.15) is 26.5 Å². The van der Waals surface area contributed by atoms with Gasteiger partial charge in [-0.1, -0.05) is 12.1 Å². The van der Waals surface area contributed by atoms with Gasteiger partial charge in [-0.25, -0.2) is 4.98 Å². The third-order valence-electron chi connectivity index (χ3n) is 4.96. The van der Waals surface area contributed by atoms with Crippen LogP contribution in [0.4, 0.5) is 0 Å². The number of hydrogen-bond donors (Lipinski definition) is 2. The summed E-state index contributed by atoms with van der Waals surface area (Å²) >= 11 is 0. The van der Waals surface area contributed by atoms with Crippen molar-refractivity contribution in [3.05, 3.63) is 89.7 Å². The molecule has 2 amide bonds. The highest BCUT2D eigenvalue weighted by atomic mass is 16.5. The smallest absolute Gasteiger partial charge is 0.251 e. The fourth-order valence-corrected chi connectivity index (χ4v) is 3.36. The Morgan fingerprint density at radius 1 is 0.935 bits per heavy atom. The first-order valence-corrected chi connectivity index (χ1v) is 9.89. The molecule has 0 bridgehead atoms. The van der Waals surface area contributed by atoms with Gasteiger partial charge in [-0.15, -0.1) is 0 Å². The summed E-state index contributed by atoms with van der Waals surface area (Å²) in [5.41, 5.74) is 8.20. The summed E-state index contributed by atoms with van der Waals surface area (Å²) < 4.78 is 7.83. The molecule has 0 fully saturated rings. The minimum absolute atomic E-state index is 0.153. The molecule has 0 saturated heterocycles. The Kier molecular flexibility index (Phi) is 5.66. The minimum atomic E-state index is -0.488. The fourth-order valence-electron chi connectivity index (χ4n) is 3.36. The van der Waals surface area contributed by atoms with E-state index in [0.29, 0.717) is 35.7 Å². The number of carbonyl (C=O) groups excluding carboxylic acids is 2. The Morgan fingerprint density at radius 2 is 1.55 bits per heavy atom. The molecule has 4 aromatic rings. The van der Waals surface area contributed by atoms with Crippen molar-refractivity contribution in [3.8, 4) is 11.5 Å². The number of para-hydroxylation sites is 2. The molecular weight excluding hydrogens is 392 g/mol. The Labute approximate surface area is 179 Å². The number of benzene rings is 3.